The van der Waals surface area contributed by atoms with Crippen molar-refractivity contribution in [3.63, 3.8) is 0 Å². The maximum absolute atomic E-state index is 10.9. The predicted octanol–water partition coefficient (Wildman–Crippen LogP) is 3.17. The number of carboxylic acid groups (broad SMARTS) is 2. The van der Waals surface area contributed by atoms with Gasteiger partial charge in [0.05, 0.1) is 11.1 Å². The Balaban J connectivity index is 0.00000180. The number of carbonyl (C=O) groups is 2. The van der Waals surface area contributed by atoms with Crippen LogP contribution in [-0.4, -0.2) is 22.2 Å². The molecule has 2 aromatic rings. The van der Waals surface area contributed by atoms with Gasteiger partial charge in [0.25, 0.3) is 0 Å². The van der Waals surface area contributed by atoms with Crippen molar-refractivity contribution in [2.24, 2.45) is 0 Å². The fraction of sp³-hybridized carbons (Fsp3) is 0. The molecular weight excluding hydrogens is 268 g/mol. The molecule has 0 saturated carbocycles. The first-order valence-corrected chi connectivity index (χ1v) is 5.25. The van der Waals surface area contributed by atoms with Crippen LogP contribution in [0.3, 0.4) is 0 Å². The van der Waals surface area contributed by atoms with Gasteiger partial charge >= 0.3 is 11.9 Å². The predicted molar refractivity (Wildman–Crippen MR) is 73.0 cm³/mol. The average Bonchev–Trinajstić information content (AvgIpc) is 2.39. The van der Waals surface area contributed by atoms with Crippen molar-refractivity contribution in [1.82, 2.24) is 0 Å². The lowest BCUT2D eigenvalue weighted by Gasteiger charge is -2.04. The zero-order valence-corrected chi connectivity index (χ0v) is 10.6. The minimum absolute atomic E-state index is 0. The second-order valence-corrected chi connectivity index (χ2v) is 3.77. The molecule has 0 amide bonds. The van der Waals surface area contributed by atoms with Crippen LogP contribution in [0, 0.1) is 0 Å². The molecule has 0 aliphatic carbocycles. The first-order valence-electron chi connectivity index (χ1n) is 5.25. The molecule has 0 fully saturated rings. The molecule has 0 spiro atoms. The van der Waals surface area contributed by atoms with Crippen molar-refractivity contribution in [2.75, 3.05) is 0 Å². The lowest BCUT2D eigenvalue weighted by Crippen LogP contribution is -1.97. The van der Waals surface area contributed by atoms with Gasteiger partial charge in [-0.1, -0.05) is 24.3 Å². The van der Waals surface area contributed by atoms with Gasteiger partial charge < -0.3 is 10.2 Å². The highest BCUT2D eigenvalue weighted by Gasteiger charge is 2.07. The smallest absolute Gasteiger partial charge is 0.335 e. The fourth-order valence-corrected chi connectivity index (χ4v) is 1.66. The van der Waals surface area contributed by atoms with E-state index >= 15 is 0 Å². The van der Waals surface area contributed by atoms with Crippen LogP contribution in [0.2, 0.25) is 0 Å². The molecule has 2 N–H and O–H groups in total. The van der Waals surface area contributed by atoms with Crippen molar-refractivity contribution in [2.45, 2.75) is 0 Å². The van der Waals surface area contributed by atoms with Crippen LogP contribution in [0.25, 0.3) is 11.1 Å². The number of hydrogen-bond acceptors (Lipinski definition) is 2. The molecule has 2 aromatic carbocycles. The summed E-state index contributed by atoms with van der Waals surface area (Å²) in [6.45, 7) is 0. The lowest BCUT2D eigenvalue weighted by molar-refractivity contribution is 0.0686. The summed E-state index contributed by atoms with van der Waals surface area (Å²) in [4.78, 5) is 21.7. The summed E-state index contributed by atoms with van der Waals surface area (Å²) in [5.74, 6) is -2.02. The van der Waals surface area contributed by atoms with E-state index in [9.17, 15) is 9.59 Å². The molecule has 0 aromatic heterocycles. The first kappa shape index (κ1) is 14.7. The maximum atomic E-state index is 10.9. The van der Waals surface area contributed by atoms with E-state index in [0.717, 1.165) is 0 Å². The zero-order chi connectivity index (χ0) is 13.1. The number of benzene rings is 2. The van der Waals surface area contributed by atoms with Crippen molar-refractivity contribution in [3.05, 3.63) is 59.7 Å². The Hall–Kier alpha value is -2.33. The number of carboxylic acids is 2. The van der Waals surface area contributed by atoms with Gasteiger partial charge in [-0.25, -0.2) is 9.59 Å². The highest BCUT2D eigenvalue weighted by atomic mass is 35.5. The van der Waals surface area contributed by atoms with Gasteiger partial charge in [-0.15, -0.1) is 12.4 Å². The Bertz CT molecular complexity index is 567. The third-order valence-electron chi connectivity index (χ3n) is 2.55. The van der Waals surface area contributed by atoms with Gasteiger partial charge in [-0.05, 0) is 35.4 Å². The molecule has 5 heteroatoms. The van der Waals surface area contributed by atoms with Crippen molar-refractivity contribution >= 4 is 24.3 Å². The summed E-state index contributed by atoms with van der Waals surface area (Å²) < 4.78 is 0. The molecule has 2 rings (SSSR count). The Kier molecular flexibility index (Phi) is 4.67. The van der Waals surface area contributed by atoms with Gasteiger partial charge in [-0.3, -0.25) is 0 Å². The Morgan fingerprint density at radius 1 is 0.737 bits per heavy atom. The summed E-state index contributed by atoms with van der Waals surface area (Å²) in [5, 5.41) is 17.8. The molecule has 0 heterocycles. The molecule has 0 bridgehead atoms. The van der Waals surface area contributed by atoms with Crippen molar-refractivity contribution < 1.29 is 19.8 Å². The molecule has 0 radical (unpaired) electrons. The topological polar surface area (TPSA) is 74.6 Å². The van der Waals surface area contributed by atoms with E-state index in [1.807, 2.05) is 0 Å². The largest absolute Gasteiger partial charge is 0.478 e. The SMILES string of the molecule is Cl.O=C(O)c1cccc(-c2cccc(C(=O)O)c2)c1. The van der Waals surface area contributed by atoms with Crippen LogP contribution >= 0.6 is 12.4 Å². The first-order chi connectivity index (χ1) is 8.58. The highest BCUT2D eigenvalue weighted by molar-refractivity contribution is 5.91. The monoisotopic (exact) mass is 278 g/mol. The van der Waals surface area contributed by atoms with Crippen LogP contribution in [0.5, 0.6) is 0 Å². The zero-order valence-electron chi connectivity index (χ0n) is 9.74. The van der Waals surface area contributed by atoms with Crippen LogP contribution < -0.4 is 0 Å². The number of rotatable bonds is 3. The van der Waals surface area contributed by atoms with Crippen LogP contribution in [0.4, 0.5) is 0 Å². The van der Waals surface area contributed by atoms with Gasteiger partial charge in [-0.2, -0.15) is 0 Å². The van der Waals surface area contributed by atoms with E-state index in [1.54, 1.807) is 24.3 Å². The summed E-state index contributed by atoms with van der Waals surface area (Å²) in [6.07, 6.45) is 0. The third kappa shape index (κ3) is 3.33. The quantitative estimate of drug-likeness (QED) is 0.904. The molecule has 98 valence electrons. The van der Waals surface area contributed by atoms with Gasteiger partial charge in [0.15, 0.2) is 0 Å². The van der Waals surface area contributed by atoms with E-state index in [4.69, 9.17) is 10.2 Å². The normalized spacial score (nSPS) is 9.47. The second kappa shape index (κ2) is 6.02. The second-order valence-electron chi connectivity index (χ2n) is 3.77. The molecule has 0 aliphatic rings. The minimum Gasteiger partial charge on any atom is -0.478 e. The fourth-order valence-electron chi connectivity index (χ4n) is 1.66. The average molecular weight is 279 g/mol. The molecule has 4 nitrogen and oxygen atoms in total. The van der Waals surface area contributed by atoms with Gasteiger partial charge in [0, 0.05) is 0 Å². The maximum Gasteiger partial charge on any atom is 0.335 e. The standard InChI is InChI=1S/C14H10O4.ClH/c15-13(16)11-5-1-3-9(7-11)10-4-2-6-12(8-10)14(17)18;/h1-8H,(H,15,16)(H,17,18);1H. The summed E-state index contributed by atoms with van der Waals surface area (Å²) in [6, 6.07) is 12.8. The molecule has 0 aliphatic heterocycles. The molecule has 19 heavy (non-hydrogen) atoms. The number of hydrogen-bond donors (Lipinski definition) is 2. The van der Waals surface area contributed by atoms with Crippen molar-refractivity contribution in [1.29, 1.82) is 0 Å². The van der Waals surface area contributed by atoms with Gasteiger partial charge in [0.2, 0.25) is 0 Å². The van der Waals surface area contributed by atoms with E-state index in [1.165, 1.54) is 24.3 Å². The van der Waals surface area contributed by atoms with E-state index in [2.05, 4.69) is 0 Å². The van der Waals surface area contributed by atoms with Crippen molar-refractivity contribution in [3.8, 4) is 11.1 Å². The third-order valence-corrected chi connectivity index (χ3v) is 2.55. The van der Waals surface area contributed by atoms with Gasteiger partial charge in [0.1, 0.15) is 0 Å². The molecular formula is C14H11ClO4. The van der Waals surface area contributed by atoms with Crippen LogP contribution in [0.15, 0.2) is 48.5 Å². The van der Waals surface area contributed by atoms with E-state index in [-0.39, 0.29) is 23.5 Å². The molecule has 0 saturated heterocycles. The Morgan fingerprint density at radius 3 is 1.42 bits per heavy atom. The van der Waals surface area contributed by atoms with E-state index < -0.39 is 11.9 Å². The summed E-state index contributed by atoms with van der Waals surface area (Å²) in [5.41, 5.74) is 1.71. The molecule has 0 unspecified atom stereocenters. The Morgan fingerprint density at radius 2 is 1.11 bits per heavy atom. The minimum atomic E-state index is -1.01. The van der Waals surface area contributed by atoms with Crippen LogP contribution in [0.1, 0.15) is 20.7 Å². The number of aromatic carboxylic acids is 2. The van der Waals surface area contributed by atoms with Crippen LogP contribution in [-0.2, 0) is 0 Å². The Labute approximate surface area is 115 Å². The number of halogens is 1. The highest BCUT2D eigenvalue weighted by Crippen LogP contribution is 2.21. The van der Waals surface area contributed by atoms with E-state index in [0.29, 0.717) is 11.1 Å². The summed E-state index contributed by atoms with van der Waals surface area (Å²) >= 11 is 0. The lowest BCUT2D eigenvalue weighted by atomic mass is 10.0. The molecule has 0 atom stereocenters. The summed E-state index contributed by atoms with van der Waals surface area (Å²) in [7, 11) is 0.